The van der Waals surface area contributed by atoms with E-state index in [2.05, 4.69) is 43.5 Å². The summed E-state index contributed by atoms with van der Waals surface area (Å²) >= 11 is 0. The molecule has 0 fully saturated rings. The fraction of sp³-hybridized carbons (Fsp3) is 0.829. The number of aliphatic hydroxyl groups excluding tert-OH is 1. The molecular weight excluding hydrogens is 593 g/mol. The summed E-state index contributed by atoms with van der Waals surface area (Å²) in [5.74, 6) is -0.534. The summed E-state index contributed by atoms with van der Waals surface area (Å²) in [7, 11) is -4.39. The number of aliphatic hydroxyl groups is 1. The molecule has 9 nitrogen and oxygen atoms in total. The Bertz CT molecular complexity index is 805. The number of unbranched alkanes of at least 4 members (excludes halogenated alkanes) is 16. The van der Waals surface area contributed by atoms with Gasteiger partial charge in [-0.1, -0.05) is 122 Å². The van der Waals surface area contributed by atoms with Gasteiger partial charge in [-0.25, -0.2) is 4.57 Å². The molecule has 0 rings (SSSR count). The van der Waals surface area contributed by atoms with Gasteiger partial charge in [-0.15, -0.1) is 0 Å². The molecule has 264 valence electrons. The molecule has 0 aliphatic carbocycles. The lowest BCUT2D eigenvalue weighted by Gasteiger charge is -2.15. The van der Waals surface area contributed by atoms with E-state index in [-0.39, 0.29) is 32.1 Å². The number of allylic oxidation sites excluding steroid dienone is 4. The zero-order valence-corrected chi connectivity index (χ0v) is 29.5. The standard InChI is InChI=1S/C35H66NO8P/c1-3-5-7-9-10-11-12-13-14-15-16-17-18-19-20-21-22-24-26-28-35(39)42-31-33(37)32-44-45(40,41)43-30-29-36-34(38)27-25-23-8-6-4-2/h10-11,13-14,33,37H,3-9,12,15-32H2,1-2H3,(H,36,38)(H,40,41)/b11-10-,14-13-. The smallest absolute Gasteiger partial charge is 0.463 e. The molecule has 3 N–H and O–H groups in total. The highest BCUT2D eigenvalue weighted by Gasteiger charge is 2.23. The van der Waals surface area contributed by atoms with Crippen LogP contribution in [0.5, 0.6) is 0 Å². The summed E-state index contributed by atoms with van der Waals surface area (Å²) in [4.78, 5) is 33.4. The molecule has 0 saturated carbocycles. The number of nitrogens with one attached hydrogen (secondary N) is 1. The molecule has 0 heterocycles. The quantitative estimate of drug-likeness (QED) is 0.0276. The SMILES string of the molecule is CCCCC/C=C\C/C=C\CCCCCCCCCCCC(=O)OCC(O)COP(=O)(O)OCCNC(=O)CCCCCCC. The van der Waals surface area contributed by atoms with Crippen molar-refractivity contribution in [2.45, 2.75) is 161 Å². The summed E-state index contributed by atoms with van der Waals surface area (Å²) < 4.78 is 26.6. The van der Waals surface area contributed by atoms with Crippen LogP contribution in [0.25, 0.3) is 0 Å². The van der Waals surface area contributed by atoms with Crippen LogP contribution >= 0.6 is 7.82 Å². The number of esters is 1. The molecule has 0 spiro atoms. The van der Waals surface area contributed by atoms with E-state index in [9.17, 15) is 24.2 Å². The van der Waals surface area contributed by atoms with Crippen LogP contribution in [0.1, 0.15) is 155 Å². The van der Waals surface area contributed by atoms with E-state index in [0.29, 0.717) is 6.42 Å². The Hall–Kier alpha value is -1.51. The average Bonchev–Trinajstić information content (AvgIpc) is 3.02. The Morgan fingerprint density at radius 3 is 1.82 bits per heavy atom. The molecule has 2 atom stereocenters. The highest BCUT2D eigenvalue weighted by atomic mass is 31.2. The third kappa shape index (κ3) is 33.7. The van der Waals surface area contributed by atoms with Crippen LogP contribution < -0.4 is 5.32 Å². The number of hydrogen-bond acceptors (Lipinski definition) is 7. The summed E-state index contributed by atoms with van der Waals surface area (Å²) in [5, 5.41) is 12.6. The highest BCUT2D eigenvalue weighted by Crippen LogP contribution is 2.42. The van der Waals surface area contributed by atoms with Crippen molar-refractivity contribution in [3.8, 4) is 0 Å². The first-order valence-electron chi connectivity index (χ1n) is 17.8. The maximum absolute atomic E-state index is 11.9. The summed E-state index contributed by atoms with van der Waals surface area (Å²) in [6, 6.07) is 0. The Labute approximate surface area is 274 Å². The van der Waals surface area contributed by atoms with Crippen LogP contribution in [0.3, 0.4) is 0 Å². The van der Waals surface area contributed by atoms with Gasteiger partial charge in [-0.05, 0) is 44.9 Å². The fourth-order valence-electron chi connectivity index (χ4n) is 4.64. The Morgan fingerprint density at radius 1 is 0.689 bits per heavy atom. The third-order valence-corrected chi connectivity index (χ3v) is 8.37. The number of amides is 1. The molecule has 45 heavy (non-hydrogen) atoms. The minimum atomic E-state index is -4.39. The maximum atomic E-state index is 11.9. The predicted octanol–water partition coefficient (Wildman–Crippen LogP) is 8.87. The lowest BCUT2D eigenvalue weighted by Crippen LogP contribution is -2.27. The van der Waals surface area contributed by atoms with Crippen molar-refractivity contribution in [3.05, 3.63) is 24.3 Å². The van der Waals surface area contributed by atoms with Gasteiger partial charge in [0.1, 0.15) is 12.7 Å². The second-order valence-electron chi connectivity index (χ2n) is 11.8. The largest absolute Gasteiger partial charge is 0.472 e. The maximum Gasteiger partial charge on any atom is 0.472 e. The van der Waals surface area contributed by atoms with Gasteiger partial charge in [-0.3, -0.25) is 18.6 Å². The van der Waals surface area contributed by atoms with E-state index >= 15 is 0 Å². The molecule has 0 saturated heterocycles. The molecular formula is C35H66NO8P. The zero-order chi connectivity index (χ0) is 33.3. The van der Waals surface area contributed by atoms with E-state index < -0.39 is 26.5 Å². The Kier molecular flexibility index (Phi) is 31.3. The van der Waals surface area contributed by atoms with Gasteiger partial charge in [0.15, 0.2) is 0 Å². The van der Waals surface area contributed by atoms with Crippen molar-refractivity contribution in [3.63, 3.8) is 0 Å². The monoisotopic (exact) mass is 659 g/mol. The van der Waals surface area contributed by atoms with E-state index in [1.165, 1.54) is 70.6 Å². The molecule has 0 aromatic rings. The number of phosphoric ester groups is 1. The first kappa shape index (κ1) is 43.5. The summed E-state index contributed by atoms with van der Waals surface area (Å²) in [6.45, 7) is 3.42. The van der Waals surface area contributed by atoms with Gasteiger partial charge < -0.3 is 20.1 Å². The lowest BCUT2D eigenvalue weighted by atomic mass is 10.1. The molecule has 2 unspecified atom stereocenters. The van der Waals surface area contributed by atoms with Crippen molar-refractivity contribution in [1.29, 1.82) is 0 Å². The Balaban J connectivity index is 3.59. The molecule has 0 aromatic carbocycles. The van der Waals surface area contributed by atoms with E-state index in [1.54, 1.807) is 0 Å². The van der Waals surface area contributed by atoms with Crippen LogP contribution in [0.2, 0.25) is 0 Å². The van der Waals surface area contributed by atoms with Crippen LogP contribution in [-0.2, 0) is 27.9 Å². The highest BCUT2D eigenvalue weighted by molar-refractivity contribution is 7.47. The molecule has 0 bridgehead atoms. The lowest BCUT2D eigenvalue weighted by molar-refractivity contribution is -0.147. The number of ether oxygens (including phenoxy) is 1. The van der Waals surface area contributed by atoms with Crippen LogP contribution in [0, 0.1) is 0 Å². The van der Waals surface area contributed by atoms with Gasteiger partial charge in [0.05, 0.1) is 13.2 Å². The van der Waals surface area contributed by atoms with Gasteiger partial charge in [-0.2, -0.15) is 0 Å². The summed E-state index contributed by atoms with van der Waals surface area (Å²) in [6.07, 6.45) is 31.4. The van der Waals surface area contributed by atoms with Crippen molar-refractivity contribution < 1.29 is 37.9 Å². The fourth-order valence-corrected chi connectivity index (χ4v) is 5.40. The van der Waals surface area contributed by atoms with Crippen LogP contribution in [0.15, 0.2) is 24.3 Å². The molecule has 0 aliphatic rings. The zero-order valence-electron chi connectivity index (χ0n) is 28.6. The average molecular weight is 660 g/mol. The van der Waals surface area contributed by atoms with E-state index in [0.717, 1.165) is 57.8 Å². The number of hydrogen-bond donors (Lipinski definition) is 3. The minimum Gasteiger partial charge on any atom is -0.463 e. The van der Waals surface area contributed by atoms with Gasteiger partial charge in [0.25, 0.3) is 0 Å². The number of rotatable bonds is 33. The van der Waals surface area contributed by atoms with Crippen molar-refractivity contribution >= 4 is 19.7 Å². The topological polar surface area (TPSA) is 131 Å². The second kappa shape index (κ2) is 32.4. The van der Waals surface area contributed by atoms with Gasteiger partial charge >= 0.3 is 13.8 Å². The third-order valence-electron chi connectivity index (χ3n) is 7.38. The van der Waals surface area contributed by atoms with Gasteiger partial charge in [0, 0.05) is 19.4 Å². The molecule has 0 aliphatic heterocycles. The molecule has 0 aromatic heterocycles. The summed E-state index contributed by atoms with van der Waals surface area (Å²) in [5.41, 5.74) is 0. The van der Waals surface area contributed by atoms with Crippen LogP contribution in [0.4, 0.5) is 0 Å². The van der Waals surface area contributed by atoms with Crippen LogP contribution in [-0.4, -0.2) is 54.3 Å². The molecule has 10 heteroatoms. The number of phosphoric acid groups is 1. The second-order valence-corrected chi connectivity index (χ2v) is 13.3. The molecule has 0 radical (unpaired) electrons. The van der Waals surface area contributed by atoms with Crippen molar-refractivity contribution in [1.82, 2.24) is 5.32 Å². The van der Waals surface area contributed by atoms with E-state index in [4.69, 9.17) is 13.8 Å². The van der Waals surface area contributed by atoms with Crippen molar-refractivity contribution in [2.24, 2.45) is 0 Å². The van der Waals surface area contributed by atoms with Gasteiger partial charge in [0.2, 0.25) is 5.91 Å². The number of carbonyl (C=O) groups excluding carboxylic acids is 2. The van der Waals surface area contributed by atoms with E-state index in [1.807, 2.05) is 0 Å². The molecule has 1 amide bonds. The normalized spacial score (nSPS) is 13.8. The Morgan fingerprint density at radius 2 is 1.20 bits per heavy atom. The predicted molar refractivity (Wildman–Crippen MR) is 183 cm³/mol. The number of carbonyl (C=O) groups is 2. The first-order chi connectivity index (χ1) is 21.8. The van der Waals surface area contributed by atoms with Crippen molar-refractivity contribution in [2.75, 3.05) is 26.4 Å². The first-order valence-corrected chi connectivity index (χ1v) is 19.3. The minimum absolute atomic E-state index is 0.0812.